The number of anilines is 3. The van der Waals surface area contributed by atoms with E-state index in [0.717, 1.165) is 11.4 Å². The van der Waals surface area contributed by atoms with Gasteiger partial charge in [-0.1, -0.05) is 6.07 Å². The Morgan fingerprint density at radius 1 is 0.909 bits per heavy atom. The van der Waals surface area contributed by atoms with Crippen LogP contribution >= 0.6 is 0 Å². The largest absolute Gasteiger partial charge is 0.345 e. The van der Waals surface area contributed by atoms with Gasteiger partial charge in [-0.2, -0.15) is 0 Å². The number of urea groups is 1. The van der Waals surface area contributed by atoms with Gasteiger partial charge in [0.1, 0.15) is 5.82 Å². The maximum absolute atomic E-state index is 13.7. The predicted molar refractivity (Wildman–Crippen MR) is 126 cm³/mol. The van der Waals surface area contributed by atoms with Crippen LogP contribution in [0.2, 0.25) is 0 Å². The van der Waals surface area contributed by atoms with Crippen LogP contribution in [0.1, 0.15) is 15.9 Å². The van der Waals surface area contributed by atoms with Crippen LogP contribution in [0, 0.1) is 12.7 Å². The molecule has 3 aromatic rings. The lowest BCUT2D eigenvalue weighted by molar-refractivity contribution is 0.0671. The SMILES string of the molecule is Cc1ccc(NC(=O)N2CCN(C(=O)c3ccc(N(C)c4ccncc4)cc3)CC2)cc1F. The molecule has 0 unspecified atom stereocenters. The van der Waals surface area contributed by atoms with Crippen molar-refractivity contribution in [3.8, 4) is 0 Å². The number of hydrogen-bond donors (Lipinski definition) is 1. The third-order valence-corrected chi connectivity index (χ3v) is 5.83. The Morgan fingerprint density at radius 2 is 1.52 bits per heavy atom. The smallest absolute Gasteiger partial charge is 0.321 e. The molecule has 2 aromatic carbocycles. The van der Waals surface area contributed by atoms with Gasteiger partial charge in [0.05, 0.1) is 0 Å². The Morgan fingerprint density at radius 3 is 2.15 bits per heavy atom. The third-order valence-electron chi connectivity index (χ3n) is 5.83. The molecule has 1 aliphatic rings. The molecule has 1 N–H and O–H groups in total. The lowest BCUT2D eigenvalue weighted by Gasteiger charge is -2.34. The minimum atomic E-state index is -0.360. The van der Waals surface area contributed by atoms with E-state index in [1.54, 1.807) is 41.2 Å². The predicted octanol–water partition coefficient (Wildman–Crippen LogP) is 4.29. The quantitative estimate of drug-likeness (QED) is 0.648. The zero-order chi connectivity index (χ0) is 23.4. The first-order valence-electron chi connectivity index (χ1n) is 10.8. The van der Waals surface area contributed by atoms with E-state index in [0.29, 0.717) is 43.0 Å². The molecule has 0 spiro atoms. The molecule has 0 bridgehead atoms. The fourth-order valence-electron chi connectivity index (χ4n) is 3.71. The summed E-state index contributed by atoms with van der Waals surface area (Å²) in [7, 11) is 1.96. The zero-order valence-corrected chi connectivity index (χ0v) is 18.7. The van der Waals surface area contributed by atoms with Crippen LogP contribution in [-0.2, 0) is 0 Å². The molecule has 4 rings (SSSR count). The molecule has 0 saturated carbocycles. The molecule has 170 valence electrons. The molecule has 1 fully saturated rings. The lowest BCUT2D eigenvalue weighted by atomic mass is 10.1. The molecular formula is C25H26FN5O2. The van der Waals surface area contributed by atoms with Gasteiger partial charge in [-0.15, -0.1) is 0 Å². The lowest BCUT2D eigenvalue weighted by Crippen LogP contribution is -2.51. The second kappa shape index (κ2) is 9.68. The molecule has 0 atom stereocenters. The Bertz CT molecular complexity index is 1130. The van der Waals surface area contributed by atoms with Crippen molar-refractivity contribution in [2.24, 2.45) is 0 Å². The van der Waals surface area contributed by atoms with Crippen LogP contribution in [-0.4, -0.2) is 59.9 Å². The number of rotatable bonds is 4. The van der Waals surface area contributed by atoms with E-state index in [1.807, 2.05) is 48.3 Å². The van der Waals surface area contributed by atoms with Crippen LogP contribution in [0.4, 0.5) is 26.2 Å². The second-order valence-corrected chi connectivity index (χ2v) is 7.98. The van der Waals surface area contributed by atoms with Crippen LogP contribution in [0.3, 0.4) is 0 Å². The first-order chi connectivity index (χ1) is 15.9. The first kappa shape index (κ1) is 22.3. The minimum absolute atomic E-state index is 0.0613. The van der Waals surface area contributed by atoms with Crippen molar-refractivity contribution in [1.29, 1.82) is 0 Å². The molecule has 2 heterocycles. The Labute approximate surface area is 192 Å². The van der Waals surface area contributed by atoms with E-state index in [-0.39, 0.29) is 17.8 Å². The number of carbonyl (C=O) groups is 2. The molecule has 7 nitrogen and oxygen atoms in total. The van der Waals surface area contributed by atoms with Gasteiger partial charge in [0, 0.05) is 68.2 Å². The summed E-state index contributed by atoms with van der Waals surface area (Å²) in [6, 6.07) is 15.6. The summed E-state index contributed by atoms with van der Waals surface area (Å²) in [6.07, 6.45) is 3.48. The van der Waals surface area contributed by atoms with E-state index >= 15 is 0 Å². The first-order valence-corrected chi connectivity index (χ1v) is 10.8. The number of hydrogen-bond acceptors (Lipinski definition) is 4. The van der Waals surface area contributed by atoms with E-state index in [2.05, 4.69) is 10.3 Å². The molecule has 1 saturated heterocycles. The van der Waals surface area contributed by atoms with Crippen molar-refractivity contribution in [1.82, 2.24) is 14.8 Å². The van der Waals surface area contributed by atoms with Crippen LogP contribution < -0.4 is 10.2 Å². The van der Waals surface area contributed by atoms with Crippen LogP contribution in [0.5, 0.6) is 0 Å². The van der Waals surface area contributed by atoms with Gasteiger partial charge in [-0.05, 0) is 61.0 Å². The molecule has 1 aliphatic heterocycles. The number of aryl methyl sites for hydroxylation is 1. The molecule has 3 amide bonds. The van der Waals surface area contributed by atoms with Crippen molar-refractivity contribution in [2.45, 2.75) is 6.92 Å². The van der Waals surface area contributed by atoms with Gasteiger partial charge in [-0.3, -0.25) is 9.78 Å². The maximum Gasteiger partial charge on any atom is 0.321 e. The average Bonchev–Trinajstić information content (AvgIpc) is 2.86. The van der Waals surface area contributed by atoms with E-state index < -0.39 is 0 Å². The van der Waals surface area contributed by atoms with Crippen LogP contribution in [0.15, 0.2) is 67.0 Å². The number of piperazine rings is 1. The zero-order valence-electron chi connectivity index (χ0n) is 18.7. The number of nitrogens with one attached hydrogen (secondary N) is 1. The Balaban J connectivity index is 1.32. The number of amides is 3. The number of aromatic nitrogens is 1. The van der Waals surface area contributed by atoms with Gasteiger partial charge < -0.3 is 20.0 Å². The van der Waals surface area contributed by atoms with Crippen molar-refractivity contribution in [3.05, 3.63) is 83.9 Å². The van der Waals surface area contributed by atoms with Crippen molar-refractivity contribution in [3.63, 3.8) is 0 Å². The van der Waals surface area contributed by atoms with E-state index in [1.165, 1.54) is 6.07 Å². The highest BCUT2D eigenvalue weighted by Crippen LogP contribution is 2.23. The number of carbonyl (C=O) groups excluding carboxylic acids is 2. The highest BCUT2D eigenvalue weighted by molar-refractivity contribution is 5.95. The maximum atomic E-state index is 13.7. The number of benzene rings is 2. The number of pyridine rings is 1. The van der Waals surface area contributed by atoms with Gasteiger partial charge in [0.2, 0.25) is 0 Å². The molecule has 1 aromatic heterocycles. The summed E-state index contributed by atoms with van der Waals surface area (Å²) < 4.78 is 13.7. The monoisotopic (exact) mass is 447 g/mol. The Kier molecular flexibility index (Phi) is 6.53. The number of nitrogens with zero attached hydrogens (tertiary/aromatic N) is 4. The highest BCUT2D eigenvalue weighted by Gasteiger charge is 2.25. The molecular weight excluding hydrogens is 421 g/mol. The van der Waals surface area contributed by atoms with Gasteiger partial charge in [0.15, 0.2) is 0 Å². The Hall–Kier alpha value is -3.94. The number of halogens is 1. The topological polar surface area (TPSA) is 68.8 Å². The summed E-state index contributed by atoms with van der Waals surface area (Å²) in [5.74, 6) is -0.421. The summed E-state index contributed by atoms with van der Waals surface area (Å²) >= 11 is 0. The normalized spacial score (nSPS) is 13.5. The molecule has 0 aliphatic carbocycles. The molecule has 0 radical (unpaired) electrons. The summed E-state index contributed by atoms with van der Waals surface area (Å²) in [6.45, 7) is 3.37. The van der Waals surface area contributed by atoms with E-state index in [9.17, 15) is 14.0 Å². The third kappa shape index (κ3) is 5.11. The van der Waals surface area contributed by atoms with Gasteiger partial charge in [0.25, 0.3) is 5.91 Å². The summed E-state index contributed by atoms with van der Waals surface area (Å²) in [5, 5.41) is 2.72. The van der Waals surface area contributed by atoms with Crippen molar-refractivity contribution >= 4 is 29.0 Å². The van der Waals surface area contributed by atoms with Crippen LogP contribution in [0.25, 0.3) is 0 Å². The van der Waals surface area contributed by atoms with Gasteiger partial charge >= 0.3 is 6.03 Å². The average molecular weight is 448 g/mol. The van der Waals surface area contributed by atoms with Crippen molar-refractivity contribution < 1.29 is 14.0 Å². The summed E-state index contributed by atoms with van der Waals surface area (Å²) in [5.41, 5.74) is 3.52. The molecule has 8 heteroatoms. The van der Waals surface area contributed by atoms with Crippen molar-refractivity contribution in [2.75, 3.05) is 43.4 Å². The highest BCUT2D eigenvalue weighted by atomic mass is 19.1. The fraction of sp³-hybridized carbons (Fsp3) is 0.240. The minimum Gasteiger partial charge on any atom is -0.345 e. The summed E-state index contributed by atoms with van der Waals surface area (Å²) in [4.78, 5) is 34.9. The second-order valence-electron chi connectivity index (χ2n) is 7.98. The standard InChI is InChI=1S/C25H26FN5O2/c1-18-3-6-20(17-23(18)26)28-25(33)31-15-13-30(14-16-31)24(32)19-4-7-21(8-5-19)29(2)22-9-11-27-12-10-22/h3-12,17H,13-16H2,1-2H3,(H,28,33). The fourth-order valence-corrected chi connectivity index (χ4v) is 3.71. The van der Waals surface area contributed by atoms with Gasteiger partial charge in [-0.25, -0.2) is 9.18 Å². The molecule has 33 heavy (non-hydrogen) atoms. The van der Waals surface area contributed by atoms with E-state index in [4.69, 9.17) is 0 Å².